The van der Waals surface area contributed by atoms with E-state index in [2.05, 4.69) is 72.8 Å². The van der Waals surface area contributed by atoms with Gasteiger partial charge in [-0.1, -0.05) is 53.5 Å². The smallest absolute Gasteiger partial charge is 0.0710 e. The van der Waals surface area contributed by atoms with Gasteiger partial charge in [-0.2, -0.15) is 0 Å². The molecule has 32 heavy (non-hydrogen) atoms. The maximum Gasteiger partial charge on any atom is 0.0710 e. The Morgan fingerprint density at radius 2 is 1.66 bits per heavy atom. The van der Waals surface area contributed by atoms with Crippen LogP contribution in [0.4, 0.5) is 0 Å². The fourth-order valence-corrected chi connectivity index (χ4v) is 4.69. The second kappa shape index (κ2) is 13.6. The molecule has 0 saturated carbocycles. The van der Waals surface area contributed by atoms with Crippen LogP contribution in [0.5, 0.6) is 0 Å². The van der Waals surface area contributed by atoms with Gasteiger partial charge in [-0.25, -0.2) is 0 Å². The van der Waals surface area contributed by atoms with Crippen LogP contribution in [-0.2, 0) is 0 Å². The van der Waals surface area contributed by atoms with Crippen molar-refractivity contribution in [2.24, 2.45) is 11.8 Å². The van der Waals surface area contributed by atoms with Gasteiger partial charge in [-0.15, -0.1) is 0 Å². The van der Waals surface area contributed by atoms with Crippen LogP contribution in [0, 0.1) is 11.8 Å². The Hall–Kier alpha value is -1.12. The average Bonchev–Trinajstić information content (AvgIpc) is 2.70. The first-order valence-electron chi connectivity index (χ1n) is 12.9. The van der Waals surface area contributed by atoms with Crippen LogP contribution in [-0.4, -0.2) is 21.4 Å². The molecule has 184 valence electrons. The van der Waals surface area contributed by atoms with E-state index in [9.17, 15) is 10.2 Å². The summed E-state index contributed by atoms with van der Waals surface area (Å²) in [6.07, 6.45) is 19.2. The van der Waals surface area contributed by atoms with E-state index in [0.717, 1.165) is 64.2 Å². The molecule has 2 N–H and O–H groups in total. The third kappa shape index (κ3) is 10.7. The molecule has 4 unspecified atom stereocenters. The van der Waals surface area contributed by atoms with Crippen molar-refractivity contribution in [3.8, 4) is 0 Å². The van der Waals surface area contributed by atoms with E-state index in [4.69, 9.17) is 0 Å². The maximum atomic E-state index is 10.6. The van der Waals surface area contributed by atoms with Crippen LogP contribution in [0.3, 0.4) is 0 Å². The summed E-state index contributed by atoms with van der Waals surface area (Å²) >= 11 is 0. The summed E-state index contributed by atoms with van der Waals surface area (Å²) in [7, 11) is 0. The van der Waals surface area contributed by atoms with Crippen molar-refractivity contribution in [1.29, 1.82) is 0 Å². The van der Waals surface area contributed by atoms with Crippen molar-refractivity contribution in [2.45, 2.75) is 131 Å². The van der Waals surface area contributed by atoms with Crippen molar-refractivity contribution in [3.63, 3.8) is 0 Å². The molecule has 0 aromatic heterocycles. The summed E-state index contributed by atoms with van der Waals surface area (Å²) in [6.45, 7) is 17.0. The highest BCUT2D eigenvalue weighted by molar-refractivity contribution is 5.09. The lowest BCUT2D eigenvalue weighted by molar-refractivity contribution is -0.0234. The maximum absolute atomic E-state index is 10.6. The lowest BCUT2D eigenvalue weighted by Crippen LogP contribution is -2.37. The minimum Gasteiger partial charge on any atom is -0.390 e. The summed E-state index contributed by atoms with van der Waals surface area (Å²) in [5.74, 6) is 0.842. The van der Waals surface area contributed by atoms with E-state index in [-0.39, 0.29) is 0 Å². The molecular weight excluding hydrogens is 392 g/mol. The van der Waals surface area contributed by atoms with E-state index < -0.39 is 11.2 Å². The van der Waals surface area contributed by atoms with Crippen LogP contribution in [0.1, 0.15) is 120 Å². The summed E-state index contributed by atoms with van der Waals surface area (Å²) in [5, 5.41) is 21.0. The first-order valence-corrected chi connectivity index (χ1v) is 12.9. The highest BCUT2D eigenvalue weighted by atomic mass is 16.3. The van der Waals surface area contributed by atoms with Crippen molar-refractivity contribution in [1.82, 2.24) is 0 Å². The molecule has 0 bridgehead atoms. The molecule has 0 amide bonds. The van der Waals surface area contributed by atoms with Crippen molar-refractivity contribution >= 4 is 0 Å². The Bertz CT molecular complexity index is 684. The topological polar surface area (TPSA) is 40.5 Å². The highest BCUT2D eigenvalue weighted by Gasteiger charge is 2.34. The second-order valence-electron chi connectivity index (χ2n) is 11.3. The lowest BCUT2D eigenvalue weighted by atomic mass is 9.75. The third-order valence-electron chi connectivity index (χ3n) is 7.55. The van der Waals surface area contributed by atoms with Gasteiger partial charge in [0.1, 0.15) is 0 Å². The summed E-state index contributed by atoms with van der Waals surface area (Å²) in [6, 6.07) is 0. The average molecular weight is 445 g/mol. The number of allylic oxidation sites excluding steroid dienone is 7. The standard InChI is InChI=1S/2C15H26O/c1-12(2)6-5-11-15(4,16)14-9-7-13(3)8-10-14;1-12(2)6-5-7-14(4)15(16)10-8-13(3)9-11-15/h6-7,14,16H,5,8-11H2,1-4H3;6,8,14,16H,5,7,9-11H2,1-4H3. The Morgan fingerprint density at radius 3 is 2.16 bits per heavy atom. The van der Waals surface area contributed by atoms with Crippen molar-refractivity contribution in [3.05, 3.63) is 46.6 Å². The van der Waals surface area contributed by atoms with Gasteiger partial charge in [0.25, 0.3) is 0 Å². The second-order valence-corrected chi connectivity index (χ2v) is 11.3. The molecule has 2 rings (SSSR count). The van der Waals surface area contributed by atoms with Crippen LogP contribution >= 0.6 is 0 Å². The van der Waals surface area contributed by atoms with Crippen molar-refractivity contribution < 1.29 is 10.2 Å². The van der Waals surface area contributed by atoms with Crippen LogP contribution in [0.15, 0.2) is 46.6 Å². The summed E-state index contributed by atoms with van der Waals surface area (Å²) < 4.78 is 0. The SMILES string of the molecule is CC(C)=CCCC(C)(O)C1CC=C(C)CC1.CC(C)=CCCC(C)C1(O)CC=C(C)CC1. The first-order chi connectivity index (χ1) is 14.9. The zero-order valence-corrected chi connectivity index (χ0v) is 22.4. The minimum absolute atomic E-state index is 0.396. The molecule has 0 aromatic carbocycles. The van der Waals surface area contributed by atoms with Gasteiger partial charge in [0, 0.05) is 0 Å². The number of aliphatic hydroxyl groups is 2. The monoisotopic (exact) mass is 444 g/mol. The van der Waals surface area contributed by atoms with E-state index in [1.807, 2.05) is 6.92 Å². The normalized spacial score (nSPS) is 25.9. The fourth-order valence-electron chi connectivity index (χ4n) is 4.69. The minimum atomic E-state index is -0.497. The van der Waals surface area contributed by atoms with Crippen LogP contribution in [0.25, 0.3) is 0 Å². The third-order valence-corrected chi connectivity index (χ3v) is 7.55. The van der Waals surface area contributed by atoms with Gasteiger partial charge < -0.3 is 10.2 Å². The molecule has 0 radical (unpaired) electrons. The molecule has 0 spiro atoms. The molecule has 0 aromatic rings. The quantitative estimate of drug-likeness (QED) is 0.369. The molecule has 0 fully saturated rings. The Morgan fingerprint density at radius 1 is 1.06 bits per heavy atom. The number of hydrogen-bond donors (Lipinski definition) is 2. The molecule has 0 heterocycles. The zero-order chi connectivity index (χ0) is 24.4. The van der Waals surface area contributed by atoms with Crippen LogP contribution < -0.4 is 0 Å². The van der Waals surface area contributed by atoms with E-state index in [1.165, 1.54) is 22.3 Å². The molecule has 2 heteroatoms. The molecule has 2 aliphatic carbocycles. The predicted octanol–water partition coefficient (Wildman–Crippen LogP) is 8.46. The fraction of sp³-hybridized carbons (Fsp3) is 0.733. The molecule has 2 aliphatic rings. The van der Waals surface area contributed by atoms with E-state index in [1.54, 1.807) is 0 Å². The first kappa shape index (κ1) is 28.9. The predicted molar refractivity (Wildman–Crippen MR) is 141 cm³/mol. The van der Waals surface area contributed by atoms with Gasteiger partial charge >= 0.3 is 0 Å². The summed E-state index contributed by atoms with van der Waals surface area (Å²) in [4.78, 5) is 0. The molecule has 4 atom stereocenters. The lowest BCUT2D eigenvalue weighted by Gasteiger charge is -2.36. The molecule has 0 aliphatic heterocycles. The Kier molecular flexibility index (Phi) is 12.2. The molecule has 0 saturated heterocycles. The molecular formula is C30H52O2. The van der Waals surface area contributed by atoms with Gasteiger partial charge in [0.15, 0.2) is 0 Å². The zero-order valence-electron chi connectivity index (χ0n) is 22.4. The van der Waals surface area contributed by atoms with Crippen molar-refractivity contribution in [2.75, 3.05) is 0 Å². The van der Waals surface area contributed by atoms with E-state index in [0.29, 0.717) is 11.8 Å². The number of rotatable bonds is 8. The number of hydrogen-bond acceptors (Lipinski definition) is 2. The highest BCUT2D eigenvalue weighted by Crippen LogP contribution is 2.36. The Labute approximate surface area is 199 Å². The molecule has 2 nitrogen and oxygen atoms in total. The van der Waals surface area contributed by atoms with Gasteiger partial charge in [-0.05, 0) is 125 Å². The summed E-state index contributed by atoms with van der Waals surface area (Å²) in [5.41, 5.74) is 4.68. The largest absolute Gasteiger partial charge is 0.390 e. The van der Waals surface area contributed by atoms with Gasteiger partial charge in [0.05, 0.1) is 11.2 Å². The van der Waals surface area contributed by atoms with Gasteiger partial charge in [-0.3, -0.25) is 0 Å². The van der Waals surface area contributed by atoms with Gasteiger partial charge in [0.2, 0.25) is 0 Å². The van der Waals surface area contributed by atoms with E-state index >= 15 is 0 Å². The Balaban J connectivity index is 0.000000320. The van der Waals surface area contributed by atoms with Crippen LogP contribution in [0.2, 0.25) is 0 Å².